The maximum absolute atomic E-state index is 13.7. The number of nitrogens with one attached hydrogen (secondary N) is 2. The van der Waals surface area contributed by atoms with Crippen LogP contribution in [0, 0.1) is 5.82 Å². The SMILES string of the molecule is COc1cccc([C@@H]2C(C(=O)Nc3ccc(F)cc3)=C(C)Nc3nc4ccccc4n32)c1OC. The van der Waals surface area contributed by atoms with Gasteiger partial charge < -0.3 is 20.1 Å². The van der Waals surface area contributed by atoms with Crippen molar-refractivity contribution in [3.8, 4) is 11.5 Å². The summed E-state index contributed by atoms with van der Waals surface area (Å²) >= 11 is 0. The minimum atomic E-state index is -0.561. The minimum Gasteiger partial charge on any atom is -0.493 e. The molecule has 1 amide bonds. The number of nitrogens with zero attached hydrogens (tertiary/aromatic N) is 2. The summed E-state index contributed by atoms with van der Waals surface area (Å²) in [5.74, 6) is 1.00. The molecule has 172 valence electrons. The normalized spacial score (nSPS) is 15.0. The molecule has 1 atom stereocenters. The summed E-state index contributed by atoms with van der Waals surface area (Å²) < 4.78 is 26.7. The molecule has 0 saturated carbocycles. The Morgan fingerprint density at radius 3 is 2.53 bits per heavy atom. The van der Waals surface area contributed by atoms with Gasteiger partial charge in [-0.15, -0.1) is 0 Å². The molecule has 0 fully saturated rings. The highest BCUT2D eigenvalue weighted by molar-refractivity contribution is 6.06. The van der Waals surface area contributed by atoms with Gasteiger partial charge in [0, 0.05) is 16.9 Å². The van der Waals surface area contributed by atoms with Crippen molar-refractivity contribution in [3.63, 3.8) is 0 Å². The van der Waals surface area contributed by atoms with E-state index in [-0.39, 0.29) is 11.7 Å². The Balaban J connectivity index is 1.71. The van der Waals surface area contributed by atoms with Crippen LogP contribution in [-0.2, 0) is 4.79 Å². The van der Waals surface area contributed by atoms with Gasteiger partial charge in [-0.25, -0.2) is 9.37 Å². The van der Waals surface area contributed by atoms with Crippen molar-refractivity contribution < 1.29 is 18.7 Å². The predicted molar refractivity (Wildman–Crippen MR) is 129 cm³/mol. The fourth-order valence-electron chi connectivity index (χ4n) is 4.41. The van der Waals surface area contributed by atoms with Crippen LogP contribution < -0.4 is 20.1 Å². The molecule has 5 rings (SSSR count). The van der Waals surface area contributed by atoms with E-state index in [2.05, 4.69) is 10.6 Å². The van der Waals surface area contributed by atoms with Crippen LogP contribution in [0.2, 0.25) is 0 Å². The Hall–Kier alpha value is -4.33. The lowest BCUT2D eigenvalue weighted by atomic mass is 9.93. The Kier molecular flexibility index (Phi) is 5.41. The highest BCUT2D eigenvalue weighted by atomic mass is 19.1. The summed E-state index contributed by atoms with van der Waals surface area (Å²) in [6.45, 7) is 1.84. The molecule has 0 unspecified atom stereocenters. The summed E-state index contributed by atoms with van der Waals surface area (Å²) in [6.07, 6.45) is 0. The molecule has 34 heavy (non-hydrogen) atoms. The van der Waals surface area contributed by atoms with E-state index in [0.29, 0.717) is 34.4 Å². The molecular formula is C26H23FN4O3. The van der Waals surface area contributed by atoms with Gasteiger partial charge in [0.2, 0.25) is 5.95 Å². The third-order valence-electron chi connectivity index (χ3n) is 5.91. The molecule has 0 saturated heterocycles. The van der Waals surface area contributed by atoms with Gasteiger partial charge in [-0.3, -0.25) is 9.36 Å². The largest absolute Gasteiger partial charge is 0.493 e. The number of fused-ring (bicyclic) bond motifs is 3. The zero-order chi connectivity index (χ0) is 23.8. The first-order valence-corrected chi connectivity index (χ1v) is 10.7. The topological polar surface area (TPSA) is 77.4 Å². The molecule has 1 aromatic heterocycles. The van der Waals surface area contributed by atoms with E-state index < -0.39 is 6.04 Å². The van der Waals surface area contributed by atoms with Crippen molar-refractivity contribution in [2.45, 2.75) is 13.0 Å². The van der Waals surface area contributed by atoms with Gasteiger partial charge in [0.25, 0.3) is 5.91 Å². The van der Waals surface area contributed by atoms with Crippen LogP contribution >= 0.6 is 0 Å². The van der Waals surface area contributed by atoms with E-state index in [1.807, 2.05) is 54.0 Å². The molecule has 0 bridgehead atoms. The summed E-state index contributed by atoms with van der Waals surface area (Å²) in [5.41, 5.74) is 4.02. The average molecular weight is 458 g/mol. The molecule has 2 heterocycles. The fraction of sp³-hybridized carbons (Fsp3) is 0.154. The Morgan fingerprint density at radius 2 is 1.79 bits per heavy atom. The van der Waals surface area contributed by atoms with Crippen LogP contribution in [0.25, 0.3) is 11.0 Å². The zero-order valence-corrected chi connectivity index (χ0v) is 18.9. The number of hydrogen-bond acceptors (Lipinski definition) is 5. The zero-order valence-electron chi connectivity index (χ0n) is 18.9. The second-order valence-corrected chi connectivity index (χ2v) is 7.90. The van der Waals surface area contributed by atoms with Gasteiger partial charge in [0.15, 0.2) is 11.5 Å². The summed E-state index contributed by atoms with van der Waals surface area (Å²) in [5, 5.41) is 6.18. The molecule has 1 aliphatic heterocycles. The fourth-order valence-corrected chi connectivity index (χ4v) is 4.41. The van der Waals surface area contributed by atoms with Gasteiger partial charge in [0.1, 0.15) is 5.82 Å². The Labute approximate surface area is 195 Å². The molecule has 1 aliphatic rings. The number of amides is 1. The summed E-state index contributed by atoms with van der Waals surface area (Å²) in [7, 11) is 3.15. The number of halogens is 1. The number of benzene rings is 3. The van der Waals surface area contributed by atoms with Crippen LogP contribution in [0.3, 0.4) is 0 Å². The summed E-state index contributed by atoms with van der Waals surface area (Å²) in [4.78, 5) is 18.4. The Bertz CT molecular complexity index is 1430. The molecule has 0 radical (unpaired) electrons. The van der Waals surface area contributed by atoms with Crippen molar-refractivity contribution in [1.29, 1.82) is 0 Å². The third kappa shape index (κ3) is 3.53. The number of para-hydroxylation sites is 3. The van der Waals surface area contributed by atoms with Gasteiger partial charge in [0.05, 0.1) is 36.9 Å². The number of imidazole rings is 1. The van der Waals surface area contributed by atoms with E-state index >= 15 is 0 Å². The molecule has 0 aliphatic carbocycles. The first-order chi connectivity index (χ1) is 16.5. The van der Waals surface area contributed by atoms with Crippen molar-refractivity contribution in [1.82, 2.24) is 9.55 Å². The van der Waals surface area contributed by atoms with E-state index in [0.717, 1.165) is 16.6 Å². The lowest BCUT2D eigenvalue weighted by molar-refractivity contribution is -0.113. The quantitative estimate of drug-likeness (QED) is 0.434. The number of methoxy groups -OCH3 is 2. The average Bonchev–Trinajstić information content (AvgIpc) is 3.21. The molecule has 0 spiro atoms. The lowest BCUT2D eigenvalue weighted by Crippen LogP contribution is -2.31. The monoisotopic (exact) mass is 458 g/mol. The number of rotatable bonds is 5. The van der Waals surface area contributed by atoms with E-state index in [4.69, 9.17) is 14.5 Å². The second-order valence-electron chi connectivity index (χ2n) is 7.90. The van der Waals surface area contributed by atoms with Crippen LogP contribution in [0.5, 0.6) is 11.5 Å². The van der Waals surface area contributed by atoms with Gasteiger partial charge >= 0.3 is 0 Å². The first-order valence-electron chi connectivity index (χ1n) is 10.7. The number of carbonyl (C=O) groups is 1. The van der Waals surface area contributed by atoms with Crippen LogP contribution in [0.1, 0.15) is 18.5 Å². The van der Waals surface area contributed by atoms with Crippen molar-refractivity contribution in [3.05, 3.63) is 89.4 Å². The third-order valence-corrected chi connectivity index (χ3v) is 5.91. The van der Waals surface area contributed by atoms with Crippen molar-refractivity contribution >= 4 is 28.6 Å². The maximum atomic E-state index is 13.7. The highest BCUT2D eigenvalue weighted by Gasteiger charge is 2.36. The molecule has 7 nitrogen and oxygen atoms in total. The smallest absolute Gasteiger partial charge is 0.255 e. The van der Waals surface area contributed by atoms with E-state index in [9.17, 15) is 9.18 Å². The number of allylic oxidation sites excluding steroid dienone is 1. The van der Waals surface area contributed by atoms with Crippen LogP contribution in [-0.4, -0.2) is 29.7 Å². The molecule has 3 aromatic carbocycles. The molecule has 8 heteroatoms. The second kappa shape index (κ2) is 8.55. The summed E-state index contributed by atoms with van der Waals surface area (Å²) in [6, 6.07) is 18.4. The molecule has 4 aromatic rings. The van der Waals surface area contributed by atoms with E-state index in [1.54, 1.807) is 14.2 Å². The predicted octanol–water partition coefficient (Wildman–Crippen LogP) is 5.12. The van der Waals surface area contributed by atoms with E-state index in [1.165, 1.54) is 24.3 Å². The lowest BCUT2D eigenvalue weighted by Gasteiger charge is -2.31. The molecule has 2 N–H and O–H groups in total. The van der Waals surface area contributed by atoms with Gasteiger partial charge in [-0.05, 0) is 49.4 Å². The number of ether oxygens (including phenoxy) is 2. The number of aromatic nitrogens is 2. The highest BCUT2D eigenvalue weighted by Crippen LogP contribution is 2.45. The number of anilines is 2. The number of carbonyl (C=O) groups excluding carboxylic acids is 1. The standard InChI is InChI=1S/C26H23FN4O3/c1-15-22(25(32)29-17-13-11-16(27)12-14-17)23(18-7-6-10-21(33-2)24(18)34-3)31-20-9-5-4-8-19(20)30-26(31)28-15/h4-14,23H,1-3H3,(H,28,30)(H,29,32)/t23-/m1/s1. The molecular weight excluding hydrogens is 435 g/mol. The maximum Gasteiger partial charge on any atom is 0.255 e. The van der Waals surface area contributed by atoms with Gasteiger partial charge in [-0.1, -0.05) is 24.3 Å². The van der Waals surface area contributed by atoms with Crippen molar-refractivity contribution in [2.24, 2.45) is 0 Å². The number of hydrogen-bond donors (Lipinski definition) is 2. The Morgan fingerprint density at radius 1 is 1.03 bits per heavy atom. The van der Waals surface area contributed by atoms with Crippen molar-refractivity contribution in [2.75, 3.05) is 24.9 Å². The van der Waals surface area contributed by atoms with Crippen LogP contribution in [0.15, 0.2) is 78.0 Å². The minimum absolute atomic E-state index is 0.324. The van der Waals surface area contributed by atoms with Crippen LogP contribution in [0.4, 0.5) is 16.0 Å². The first kappa shape index (κ1) is 21.5. The van der Waals surface area contributed by atoms with Gasteiger partial charge in [-0.2, -0.15) is 0 Å².